The van der Waals surface area contributed by atoms with Crippen molar-refractivity contribution in [1.82, 2.24) is 9.88 Å². The summed E-state index contributed by atoms with van der Waals surface area (Å²) < 4.78 is 39.1. The fourth-order valence-corrected chi connectivity index (χ4v) is 3.41. The number of nitrogens with one attached hydrogen (secondary N) is 1. The molecule has 162 valence electrons. The van der Waals surface area contributed by atoms with Gasteiger partial charge in [-0.05, 0) is 36.4 Å². The molecule has 1 saturated heterocycles. The highest BCUT2D eigenvalue weighted by Gasteiger charge is 2.24. The molecule has 0 atom stereocenters. The average Bonchev–Trinajstić information content (AvgIpc) is 3.20. The number of anilines is 1. The van der Waals surface area contributed by atoms with Crippen LogP contribution in [-0.4, -0.2) is 55.2 Å². The van der Waals surface area contributed by atoms with Crippen LogP contribution < -0.4 is 11.1 Å². The van der Waals surface area contributed by atoms with Crippen molar-refractivity contribution in [2.75, 3.05) is 44.7 Å². The third-order valence-corrected chi connectivity index (χ3v) is 5.05. The smallest absolute Gasteiger partial charge is 0.271 e. The van der Waals surface area contributed by atoms with Crippen molar-refractivity contribution >= 4 is 11.6 Å². The van der Waals surface area contributed by atoms with E-state index in [0.717, 1.165) is 57.2 Å². The molecule has 4 rings (SSSR count). The Kier molecular flexibility index (Phi) is 6.24. The van der Waals surface area contributed by atoms with Gasteiger partial charge in [0.1, 0.15) is 17.2 Å². The summed E-state index contributed by atoms with van der Waals surface area (Å²) in [6, 6.07) is 10.5. The lowest BCUT2D eigenvalue weighted by Crippen LogP contribution is -2.38. The number of primary amides is 1. The number of aromatic nitrogens is 1. The lowest BCUT2D eigenvalue weighted by molar-refractivity contribution is 0.0398. The highest BCUT2D eigenvalue weighted by Crippen LogP contribution is 2.32. The Hall–Kier alpha value is -3.30. The van der Waals surface area contributed by atoms with Crippen molar-refractivity contribution in [2.45, 2.75) is 0 Å². The van der Waals surface area contributed by atoms with Crippen molar-refractivity contribution in [1.29, 1.82) is 0 Å². The molecule has 3 aromatic rings. The Labute approximate surface area is 177 Å². The second-order valence-electron chi connectivity index (χ2n) is 7.12. The minimum Gasteiger partial charge on any atom is -0.435 e. The van der Waals surface area contributed by atoms with Crippen LogP contribution in [0.25, 0.3) is 22.8 Å². The van der Waals surface area contributed by atoms with Gasteiger partial charge in [-0.1, -0.05) is 6.07 Å². The maximum absolute atomic E-state index is 14.1. The third-order valence-electron chi connectivity index (χ3n) is 5.05. The zero-order valence-corrected chi connectivity index (χ0v) is 16.7. The van der Waals surface area contributed by atoms with E-state index >= 15 is 0 Å². The molecular formula is C22H22F2N4O3. The molecule has 1 fully saturated rings. The number of ether oxygens (including phenoxy) is 1. The Morgan fingerprint density at radius 1 is 1.10 bits per heavy atom. The molecule has 1 aromatic heterocycles. The number of nitrogens with two attached hydrogens (primary N) is 1. The van der Waals surface area contributed by atoms with Gasteiger partial charge in [0.2, 0.25) is 5.89 Å². The minimum absolute atomic E-state index is 0.0602. The van der Waals surface area contributed by atoms with Crippen LogP contribution in [0.15, 0.2) is 46.9 Å². The predicted molar refractivity (Wildman–Crippen MR) is 112 cm³/mol. The van der Waals surface area contributed by atoms with E-state index in [1.807, 2.05) is 12.1 Å². The molecule has 1 aliphatic rings. The lowest BCUT2D eigenvalue weighted by Gasteiger charge is -2.26. The van der Waals surface area contributed by atoms with E-state index in [0.29, 0.717) is 5.56 Å². The molecular weight excluding hydrogens is 406 g/mol. The summed E-state index contributed by atoms with van der Waals surface area (Å²) >= 11 is 0. The molecule has 2 heterocycles. The standard InChI is InChI=1S/C22H22F2N4O3/c23-16-2-1-3-17(24)18(16)22-27-19(21(25)29)20(31-22)14-4-6-15(7-5-14)26-8-9-28-10-12-30-13-11-28/h1-7,26H,8-13H2,(H2,25,29). The van der Waals surface area contributed by atoms with Gasteiger partial charge in [0.05, 0.1) is 13.2 Å². The summed E-state index contributed by atoms with van der Waals surface area (Å²) in [6.07, 6.45) is 0. The second kappa shape index (κ2) is 9.23. The quantitative estimate of drug-likeness (QED) is 0.601. The fourth-order valence-electron chi connectivity index (χ4n) is 3.41. The first kappa shape index (κ1) is 21.0. The summed E-state index contributed by atoms with van der Waals surface area (Å²) in [7, 11) is 0. The molecule has 0 bridgehead atoms. The number of amides is 1. The van der Waals surface area contributed by atoms with Gasteiger partial charge in [-0.2, -0.15) is 0 Å². The largest absolute Gasteiger partial charge is 0.435 e. The number of oxazole rings is 1. The molecule has 0 saturated carbocycles. The van der Waals surface area contributed by atoms with Crippen LogP contribution >= 0.6 is 0 Å². The number of halogens is 2. The van der Waals surface area contributed by atoms with Crippen LogP contribution in [0, 0.1) is 11.6 Å². The highest BCUT2D eigenvalue weighted by atomic mass is 19.1. The zero-order chi connectivity index (χ0) is 21.8. The highest BCUT2D eigenvalue weighted by molar-refractivity contribution is 5.97. The molecule has 1 amide bonds. The topological polar surface area (TPSA) is 93.6 Å². The number of carbonyl (C=O) groups is 1. The number of rotatable bonds is 7. The summed E-state index contributed by atoms with van der Waals surface area (Å²) in [6.45, 7) is 5.03. The average molecular weight is 428 g/mol. The SMILES string of the molecule is NC(=O)c1nc(-c2c(F)cccc2F)oc1-c1ccc(NCCN2CCOCC2)cc1. The summed E-state index contributed by atoms with van der Waals surface area (Å²) in [5, 5.41) is 3.33. The predicted octanol–water partition coefficient (Wildman–Crippen LogP) is 3.13. The number of benzene rings is 2. The van der Waals surface area contributed by atoms with Crippen LogP contribution in [0.3, 0.4) is 0 Å². The van der Waals surface area contributed by atoms with E-state index in [4.69, 9.17) is 14.9 Å². The van der Waals surface area contributed by atoms with Gasteiger partial charge in [0.25, 0.3) is 5.91 Å². The maximum atomic E-state index is 14.1. The van der Waals surface area contributed by atoms with Gasteiger partial charge in [-0.15, -0.1) is 0 Å². The van der Waals surface area contributed by atoms with Crippen molar-refractivity contribution in [3.8, 4) is 22.8 Å². The number of hydrogen-bond acceptors (Lipinski definition) is 6. The van der Waals surface area contributed by atoms with Gasteiger partial charge in [0.15, 0.2) is 11.5 Å². The molecule has 2 aromatic carbocycles. The summed E-state index contributed by atoms with van der Waals surface area (Å²) in [5.41, 5.74) is 6.18. The van der Waals surface area contributed by atoms with Crippen molar-refractivity contribution in [2.24, 2.45) is 5.73 Å². The third kappa shape index (κ3) is 4.73. The number of nitrogens with zero attached hydrogens (tertiary/aromatic N) is 2. The van der Waals surface area contributed by atoms with Crippen LogP contribution in [-0.2, 0) is 4.74 Å². The van der Waals surface area contributed by atoms with E-state index < -0.39 is 23.1 Å². The van der Waals surface area contributed by atoms with Gasteiger partial charge < -0.3 is 20.2 Å². The number of morpholine rings is 1. The zero-order valence-electron chi connectivity index (χ0n) is 16.7. The van der Waals surface area contributed by atoms with Crippen LogP contribution in [0.5, 0.6) is 0 Å². The Morgan fingerprint density at radius 3 is 2.42 bits per heavy atom. The van der Waals surface area contributed by atoms with E-state index in [1.165, 1.54) is 6.07 Å². The molecule has 0 aliphatic carbocycles. The Balaban J connectivity index is 1.52. The molecule has 0 unspecified atom stereocenters. The van der Waals surface area contributed by atoms with Crippen molar-refractivity contribution in [3.63, 3.8) is 0 Å². The molecule has 31 heavy (non-hydrogen) atoms. The fraction of sp³-hybridized carbons (Fsp3) is 0.273. The van der Waals surface area contributed by atoms with Gasteiger partial charge in [0, 0.05) is 37.4 Å². The van der Waals surface area contributed by atoms with E-state index in [9.17, 15) is 13.6 Å². The van der Waals surface area contributed by atoms with Crippen molar-refractivity contribution < 1.29 is 22.7 Å². The Bertz CT molecular complexity index is 1040. The Morgan fingerprint density at radius 2 is 1.77 bits per heavy atom. The first-order valence-electron chi connectivity index (χ1n) is 9.92. The van der Waals surface area contributed by atoms with E-state index in [1.54, 1.807) is 12.1 Å². The van der Waals surface area contributed by atoms with Gasteiger partial charge >= 0.3 is 0 Å². The molecule has 1 aliphatic heterocycles. The molecule has 7 nitrogen and oxygen atoms in total. The number of hydrogen-bond donors (Lipinski definition) is 2. The molecule has 0 radical (unpaired) electrons. The van der Waals surface area contributed by atoms with Gasteiger partial charge in [-0.25, -0.2) is 13.8 Å². The monoisotopic (exact) mass is 428 g/mol. The van der Waals surface area contributed by atoms with Gasteiger partial charge in [-0.3, -0.25) is 9.69 Å². The van der Waals surface area contributed by atoms with E-state index in [2.05, 4.69) is 15.2 Å². The van der Waals surface area contributed by atoms with Crippen molar-refractivity contribution in [3.05, 3.63) is 59.8 Å². The first-order valence-corrected chi connectivity index (χ1v) is 9.92. The summed E-state index contributed by atoms with van der Waals surface area (Å²) in [5.74, 6) is -2.82. The first-order chi connectivity index (χ1) is 15.0. The normalized spacial score (nSPS) is 14.5. The molecule has 0 spiro atoms. The number of carbonyl (C=O) groups excluding carboxylic acids is 1. The van der Waals surface area contributed by atoms with Crippen LogP contribution in [0.2, 0.25) is 0 Å². The van der Waals surface area contributed by atoms with Crippen LogP contribution in [0.1, 0.15) is 10.5 Å². The molecule has 3 N–H and O–H groups in total. The van der Waals surface area contributed by atoms with Crippen LogP contribution in [0.4, 0.5) is 14.5 Å². The lowest BCUT2D eigenvalue weighted by atomic mass is 10.1. The second-order valence-corrected chi connectivity index (χ2v) is 7.12. The van der Waals surface area contributed by atoms with E-state index in [-0.39, 0.29) is 17.3 Å². The minimum atomic E-state index is -0.852. The summed E-state index contributed by atoms with van der Waals surface area (Å²) in [4.78, 5) is 18.1. The molecule has 9 heteroatoms. The maximum Gasteiger partial charge on any atom is 0.271 e.